The molecule has 26 heavy (non-hydrogen) atoms. The Labute approximate surface area is 179 Å². The van der Waals surface area contributed by atoms with Crippen molar-refractivity contribution < 1.29 is 4.79 Å². The average Bonchev–Trinajstić information content (AvgIpc) is 2.58. The molecule has 1 aromatic rings. The molecule has 1 amide bonds. The Morgan fingerprint density at radius 3 is 2.65 bits per heavy atom. The van der Waals surface area contributed by atoms with E-state index in [1.165, 1.54) is 0 Å². The van der Waals surface area contributed by atoms with Crippen molar-refractivity contribution in [3.63, 3.8) is 0 Å². The van der Waals surface area contributed by atoms with Crippen LogP contribution in [0.25, 0.3) is 0 Å². The molecule has 1 atom stereocenters. The van der Waals surface area contributed by atoms with Crippen LogP contribution in [0.2, 0.25) is 0 Å². The van der Waals surface area contributed by atoms with E-state index in [4.69, 9.17) is 0 Å². The second-order valence-corrected chi connectivity index (χ2v) is 7.52. The summed E-state index contributed by atoms with van der Waals surface area (Å²) >= 11 is 1.94. The molecular weight excluding hydrogens is 415 g/mol. The van der Waals surface area contributed by atoms with Crippen molar-refractivity contribution in [2.45, 2.75) is 37.9 Å². The van der Waals surface area contributed by atoms with Gasteiger partial charge in [0.05, 0.1) is 5.69 Å². The highest BCUT2D eigenvalue weighted by molar-refractivity contribution is 7.99. The lowest BCUT2D eigenvalue weighted by Gasteiger charge is -2.32. The molecule has 2 aliphatic heterocycles. The zero-order valence-electron chi connectivity index (χ0n) is 14.8. The zero-order valence-corrected chi connectivity index (χ0v) is 18.0. The number of nitrogens with one attached hydrogen (secondary N) is 2. The van der Waals surface area contributed by atoms with Gasteiger partial charge in [-0.05, 0) is 25.0 Å². The van der Waals surface area contributed by atoms with Gasteiger partial charge in [0.25, 0.3) is 0 Å². The van der Waals surface area contributed by atoms with Gasteiger partial charge in [0.15, 0.2) is 0 Å². The van der Waals surface area contributed by atoms with Gasteiger partial charge in [-0.3, -0.25) is 14.7 Å². The monoisotopic (exact) mass is 442 g/mol. The lowest BCUT2D eigenvalue weighted by Crippen LogP contribution is -2.47. The first kappa shape index (κ1) is 25.8. The third kappa shape index (κ3) is 8.63. The van der Waals surface area contributed by atoms with Crippen LogP contribution < -0.4 is 10.6 Å². The van der Waals surface area contributed by atoms with Gasteiger partial charge in [0.2, 0.25) is 5.91 Å². The Hall–Kier alpha value is -0.240. The van der Waals surface area contributed by atoms with Crippen LogP contribution in [0.3, 0.4) is 0 Å². The normalized spacial score (nSPS) is 20.8. The molecule has 2 saturated heterocycles. The minimum atomic E-state index is 0. The number of rotatable bonds is 5. The smallest absolute Gasteiger partial charge is 0.221 e. The molecule has 3 rings (SSSR count). The molecule has 0 saturated carbocycles. The van der Waals surface area contributed by atoms with Crippen LogP contribution in [0, 0.1) is 0 Å². The molecule has 0 spiro atoms. The van der Waals surface area contributed by atoms with Crippen LogP contribution in [0.5, 0.6) is 0 Å². The highest BCUT2D eigenvalue weighted by Gasteiger charge is 2.23. The van der Waals surface area contributed by atoms with Gasteiger partial charge in [-0.15, -0.1) is 37.2 Å². The Morgan fingerprint density at radius 2 is 2.04 bits per heavy atom. The van der Waals surface area contributed by atoms with Crippen LogP contribution in [-0.2, 0) is 11.3 Å². The lowest BCUT2D eigenvalue weighted by molar-refractivity contribution is -0.122. The minimum absolute atomic E-state index is 0. The quantitative estimate of drug-likeness (QED) is 0.732. The zero-order chi connectivity index (χ0) is 15.9. The number of amides is 1. The van der Waals surface area contributed by atoms with E-state index in [0.717, 1.165) is 56.2 Å². The minimum Gasteiger partial charge on any atom is -0.353 e. The van der Waals surface area contributed by atoms with Crippen LogP contribution >= 0.6 is 49.0 Å². The summed E-state index contributed by atoms with van der Waals surface area (Å²) in [5.41, 5.74) is 1.12. The van der Waals surface area contributed by atoms with E-state index >= 15 is 0 Å². The van der Waals surface area contributed by atoms with Crippen LogP contribution in [0.1, 0.15) is 25.0 Å². The standard InChI is InChI=1S/C17H26N4OS.3ClH/c22-17(11-16-13-23-10-7-19-16)20-14-4-8-21(9-5-14)12-15-3-1-2-6-18-15;;;/h1-3,6,14,16,19H,4-5,7-13H2,(H,20,22);3*1H. The predicted octanol–water partition coefficient (Wildman–Crippen LogP) is 2.52. The predicted molar refractivity (Wildman–Crippen MR) is 116 cm³/mol. The molecule has 5 nitrogen and oxygen atoms in total. The number of carbonyl (C=O) groups excluding carboxylic acids is 1. The number of piperidine rings is 1. The number of likely N-dealkylation sites (tertiary alicyclic amines) is 1. The summed E-state index contributed by atoms with van der Waals surface area (Å²) in [7, 11) is 0. The molecule has 0 bridgehead atoms. The van der Waals surface area contributed by atoms with Gasteiger partial charge in [-0.25, -0.2) is 0 Å². The highest BCUT2D eigenvalue weighted by Crippen LogP contribution is 2.14. The van der Waals surface area contributed by atoms with E-state index < -0.39 is 0 Å². The lowest BCUT2D eigenvalue weighted by atomic mass is 10.0. The number of carbonyl (C=O) groups is 1. The molecular formula is C17H29Cl3N4OS. The molecule has 150 valence electrons. The third-order valence-electron chi connectivity index (χ3n) is 4.49. The SMILES string of the molecule is Cl.Cl.Cl.O=C(CC1CSCCN1)NC1CCN(Cc2ccccn2)CC1. The highest BCUT2D eigenvalue weighted by atomic mass is 35.5. The number of thioether (sulfide) groups is 1. The second-order valence-electron chi connectivity index (χ2n) is 6.37. The summed E-state index contributed by atoms with van der Waals surface area (Å²) in [5, 5.41) is 6.64. The molecule has 3 heterocycles. The summed E-state index contributed by atoms with van der Waals surface area (Å²) in [6.45, 7) is 3.98. The fourth-order valence-electron chi connectivity index (χ4n) is 3.22. The maximum absolute atomic E-state index is 12.2. The fourth-order valence-corrected chi connectivity index (χ4v) is 4.17. The molecule has 2 fully saturated rings. The summed E-state index contributed by atoms with van der Waals surface area (Å²) in [6.07, 6.45) is 4.53. The molecule has 0 aliphatic carbocycles. The molecule has 0 aromatic carbocycles. The largest absolute Gasteiger partial charge is 0.353 e. The third-order valence-corrected chi connectivity index (χ3v) is 5.63. The first-order valence-electron chi connectivity index (χ1n) is 8.52. The fraction of sp³-hybridized carbons (Fsp3) is 0.647. The maximum atomic E-state index is 12.2. The Kier molecular flexibility index (Phi) is 13.7. The summed E-state index contributed by atoms with van der Waals surface area (Å²) in [4.78, 5) is 19.0. The van der Waals surface area contributed by atoms with E-state index in [9.17, 15) is 4.79 Å². The van der Waals surface area contributed by atoms with Crippen molar-refractivity contribution >= 4 is 54.9 Å². The van der Waals surface area contributed by atoms with E-state index in [1.54, 1.807) is 0 Å². The van der Waals surface area contributed by atoms with Crippen molar-refractivity contribution in [3.05, 3.63) is 30.1 Å². The molecule has 1 unspecified atom stereocenters. The Bertz CT molecular complexity index is 498. The van der Waals surface area contributed by atoms with Crippen LogP contribution in [0.15, 0.2) is 24.4 Å². The van der Waals surface area contributed by atoms with Crippen molar-refractivity contribution in [2.75, 3.05) is 31.1 Å². The van der Waals surface area contributed by atoms with Gasteiger partial charge in [-0.2, -0.15) is 11.8 Å². The average molecular weight is 444 g/mol. The van der Waals surface area contributed by atoms with Crippen LogP contribution in [0.4, 0.5) is 0 Å². The number of nitrogens with zero attached hydrogens (tertiary/aromatic N) is 2. The summed E-state index contributed by atoms with van der Waals surface area (Å²) in [5.74, 6) is 2.41. The maximum Gasteiger partial charge on any atom is 0.221 e. The molecule has 2 N–H and O–H groups in total. The van der Waals surface area contributed by atoms with Crippen molar-refractivity contribution in [3.8, 4) is 0 Å². The van der Waals surface area contributed by atoms with E-state index in [1.807, 2.05) is 30.1 Å². The van der Waals surface area contributed by atoms with Gasteiger partial charge >= 0.3 is 0 Å². The number of hydrogen-bond donors (Lipinski definition) is 2. The van der Waals surface area contributed by atoms with Gasteiger partial charge in [-0.1, -0.05) is 6.07 Å². The first-order valence-corrected chi connectivity index (χ1v) is 9.68. The van der Waals surface area contributed by atoms with Crippen LogP contribution in [-0.4, -0.2) is 59.0 Å². The van der Waals surface area contributed by atoms with E-state index in [-0.39, 0.29) is 43.1 Å². The van der Waals surface area contributed by atoms with Crippen molar-refractivity contribution in [1.29, 1.82) is 0 Å². The van der Waals surface area contributed by atoms with E-state index in [2.05, 4.69) is 26.6 Å². The molecule has 9 heteroatoms. The van der Waals surface area contributed by atoms with E-state index in [0.29, 0.717) is 18.5 Å². The summed E-state index contributed by atoms with van der Waals surface area (Å²) in [6, 6.07) is 6.73. The second kappa shape index (κ2) is 13.9. The molecule has 0 radical (unpaired) electrons. The molecule has 1 aromatic heterocycles. The Balaban J connectivity index is 0.00000208. The summed E-state index contributed by atoms with van der Waals surface area (Å²) < 4.78 is 0. The van der Waals surface area contributed by atoms with Gasteiger partial charge < -0.3 is 10.6 Å². The first-order chi connectivity index (χ1) is 11.3. The number of halogens is 3. The Morgan fingerprint density at radius 1 is 1.27 bits per heavy atom. The van der Waals surface area contributed by atoms with Gasteiger partial charge in [0.1, 0.15) is 0 Å². The molecule has 2 aliphatic rings. The topological polar surface area (TPSA) is 57.3 Å². The number of aromatic nitrogens is 1. The number of hydrogen-bond acceptors (Lipinski definition) is 5. The van der Waals surface area contributed by atoms with Crippen molar-refractivity contribution in [1.82, 2.24) is 20.5 Å². The number of pyridine rings is 1. The van der Waals surface area contributed by atoms with Gasteiger partial charge in [0, 0.05) is 62.4 Å². The van der Waals surface area contributed by atoms with Crippen molar-refractivity contribution in [2.24, 2.45) is 0 Å².